The van der Waals surface area contributed by atoms with Gasteiger partial charge in [0.1, 0.15) is 12.5 Å². The van der Waals surface area contributed by atoms with Gasteiger partial charge in [0.15, 0.2) is 0 Å². The monoisotopic (exact) mass is 491 g/mol. The van der Waals surface area contributed by atoms with Gasteiger partial charge in [-0.25, -0.2) is 9.37 Å². The maximum absolute atomic E-state index is 13.0. The number of carbonyl (C=O) groups excluding carboxylic acids is 1. The van der Waals surface area contributed by atoms with E-state index < -0.39 is 6.67 Å². The van der Waals surface area contributed by atoms with Crippen molar-refractivity contribution in [2.45, 2.75) is 25.9 Å². The molecule has 1 aromatic heterocycles. The third-order valence-corrected chi connectivity index (χ3v) is 6.30. The zero-order valence-electron chi connectivity index (χ0n) is 18.1. The fourth-order valence-corrected chi connectivity index (χ4v) is 4.87. The Morgan fingerprint density at radius 3 is 2.91 bits per heavy atom. The molecule has 2 aromatic carbocycles. The molecule has 4 rings (SSSR count). The van der Waals surface area contributed by atoms with E-state index in [-0.39, 0.29) is 37.1 Å². The van der Waals surface area contributed by atoms with Crippen LogP contribution in [0, 0.1) is 0 Å². The van der Waals surface area contributed by atoms with Crippen molar-refractivity contribution in [3.05, 3.63) is 67.7 Å². The minimum atomic E-state index is -0.499. The summed E-state index contributed by atoms with van der Waals surface area (Å²) in [5.74, 6) is 0.362. The zero-order chi connectivity index (χ0) is 23.5. The Morgan fingerprint density at radius 1 is 1.30 bits per heavy atom. The number of carbonyl (C=O) groups is 1. The average Bonchev–Trinajstić information content (AvgIpc) is 2.77. The second kappa shape index (κ2) is 10.1. The number of alkyl halides is 1. The molecule has 174 valence electrons. The fourth-order valence-electron chi connectivity index (χ4n) is 4.18. The predicted molar refractivity (Wildman–Crippen MR) is 129 cm³/mol. The lowest BCUT2D eigenvalue weighted by Crippen LogP contribution is -2.41. The van der Waals surface area contributed by atoms with Crippen LogP contribution in [0.3, 0.4) is 0 Å². The van der Waals surface area contributed by atoms with E-state index in [2.05, 4.69) is 20.6 Å². The normalized spacial score (nSPS) is 15.5. The van der Waals surface area contributed by atoms with Crippen LogP contribution < -0.4 is 16.2 Å². The lowest BCUT2D eigenvalue weighted by atomic mass is 9.93. The Labute approximate surface area is 200 Å². The summed E-state index contributed by atoms with van der Waals surface area (Å²) in [4.78, 5) is 34.2. The SMILES string of the molecule is CC1c2c(Cl)cc(Cl)cc2CCN1C(=O)CNc1ccc2c(=O)[nH]c(CNCCF)nc2c1. The number of aromatic amines is 1. The molecule has 1 aliphatic rings. The highest BCUT2D eigenvalue weighted by Crippen LogP contribution is 2.36. The van der Waals surface area contributed by atoms with Crippen molar-refractivity contribution in [2.75, 3.05) is 31.6 Å². The van der Waals surface area contributed by atoms with Crippen LogP contribution in [0.5, 0.6) is 0 Å². The number of hydrogen-bond acceptors (Lipinski definition) is 5. The van der Waals surface area contributed by atoms with Gasteiger partial charge in [0.25, 0.3) is 5.56 Å². The van der Waals surface area contributed by atoms with Crippen molar-refractivity contribution in [3.8, 4) is 0 Å². The Morgan fingerprint density at radius 2 is 2.12 bits per heavy atom. The van der Waals surface area contributed by atoms with E-state index >= 15 is 0 Å². The first-order valence-electron chi connectivity index (χ1n) is 10.7. The number of amides is 1. The van der Waals surface area contributed by atoms with Gasteiger partial charge >= 0.3 is 0 Å². The molecule has 1 aliphatic heterocycles. The van der Waals surface area contributed by atoms with Gasteiger partial charge in [-0.05, 0) is 54.8 Å². The van der Waals surface area contributed by atoms with Crippen LogP contribution in [0.2, 0.25) is 10.0 Å². The van der Waals surface area contributed by atoms with Gasteiger partial charge < -0.3 is 20.5 Å². The number of hydrogen-bond donors (Lipinski definition) is 3. The topological polar surface area (TPSA) is 90.1 Å². The van der Waals surface area contributed by atoms with Gasteiger partial charge in [-0.15, -0.1) is 0 Å². The first kappa shape index (κ1) is 23.5. The van der Waals surface area contributed by atoms with Crippen LogP contribution in [0.4, 0.5) is 10.1 Å². The molecule has 0 fully saturated rings. The second-order valence-corrected chi connectivity index (χ2v) is 8.78. The summed E-state index contributed by atoms with van der Waals surface area (Å²) in [5.41, 5.74) is 2.91. The molecular weight excluding hydrogens is 468 g/mol. The van der Waals surface area contributed by atoms with Crippen molar-refractivity contribution >= 4 is 45.7 Å². The molecule has 1 unspecified atom stereocenters. The van der Waals surface area contributed by atoms with Crippen molar-refractivity contribution in [1.82, 2.24) is 20.2 Å². The van der Waals surface area contributed by atoms with Gasteiger partial charge in [-0.3, -0.25) is 9.59 Å². The molecule has 0 saturated carbocycles. The number of H-pyrrole nitrogens is 1. The third kappa shape index (κ3) is 5.13. The quantitative estimate of drug-likeness (QED) is 0.436. The highest BCUT2D eigenvalue weighted by atomic mass is 35.5. The zero-order valence-corrected chi connectivity index (χ0v) is 19.6. The van der Waals surface area contributed by atoms with Crippen molar-refractivity contribution in [1.29, 1.82) is 0 Å². The third-order valence-electron chi connectivity index (χ3n) is 5.77. The number of nitrogens with zero attached hydrogens (tertiary/aromatic N) is 2. The minimum absolute atomic E-state index is 0.0609. The summed E-state index contributed by atoms with van der Waals surface area (Å²) in [7, 11) is 0. The predicted octanol–water partition coefficient (Wildman–Crippen LogP) is 3.85. The summed E-state index contributed by atoms with van der Waals surface area (Å²) in [6, 6.07) is 8.58. The Balaban J connectivity index is 1.46. The molecule has 1 atom stereocenters. The van der Waals surface area contributed by atoms with Crippen LogP contribution in [0.15, 0.2) is 35.1 Å². The fraction of sp³-hybridized carbons (Fsp3) is 0.348. The van der Waals surface area contributed by atoms with Crippen LogP contribution in [0.25, 0.3) is 10.9 Å². The van der Waals surface area contributed by atoms with E-state index in [1.807, 2.05) is 13.0 Å². The molecule has 7 nitrogen and oxygen atoms in total. The summed E-state index contributed by atoms with van der Waals surface area (Å²) in [6.07, 6.45) is 0.688. The molecule has 2 heterocycles. The molecule has 0 saturated heterocycles. The lowest BCUT2D eigenvalue weighted by molar-refractivity contribution is -0.131. The first-order valence-corrected chi connectivity index (χ1v) is 11.4. The van der Waals surface area contributed by atoms with Gasteiger partial charge in [-0.1, -0.05) is 23.2 Å². The molecule has 1 amide bonds. The van der Waals surface area contributed by atoms with Crippen molar-refractivity contribution < 1.29 is 9.18 Å². The average molecular weight is 492 g/mol. The number of halogens is 3. The molecule has 3 N–H and O–H groups in total. The summed E-state index contributed by atoms with van der Waals surface area (Å²) in [5, 5.41) is 7.60. The Bertz CT molecular complexity index is 1250. The summed E-state index contributed by atoms with van der Waals surface area (Å²) < 4.78 is 12.3. The number of anilines is 1. The number of fused-ring (bicyclic) bond motifs is 2. The van der Waals surface area contributed by atoms with Crippen LogP contribution in [-0.2, 0) is 17.8 Å². The summed E-state index contributed by atoms with van der Waals surface area (Å²) in [6.45, 7) is 2.57. The standard InChI is InChI=1S/C23H24Cl2FN5O2/c1-13-22-14(8-15(24)9-18(22)25)4-7-31(13)21(32)12-28-16-2-3-17-19(10-16)29-20(30-23(17)33)11-27-6-5-26/h2-3,8-10,13,27-28H,4-7,11-12H2,1H3,(H,29,30,33). The van der Waals surface area contributed by atoms with E-state index in [0.717, 1.165) is 11.1 Å². The largest absolute Gasteiger partial charge is 0.376 e. The van der Waals surface area contributed by atoms with Gasteiger partial charge in [0.05, 0.1) is 30.0 Å². The van der Waals surface area contributed by atoms with Gasteiger partial charge in [-0.2, -0.15) is 0 Å². The van der Waals surface area contributed by atoms with Crippen molar-refractivity contribution in [2.24, 2.45) is 0 Å². The molecule has 0 radical (unpaired) electrons. The number of benzene rings is 2. The van der Waals surface area contributed by atoms with E-state index in [0.29, 0.717) is 45.4 Å². The minimum Gasteiger partial charge on any atom is -0.376 e. The van der Waals surface area contributed by atoms with E-state index in [9.17, 15) is 14.0 Å². The lowest BCUT2D eigenvalue weighted by Gasteiger charge is -2.36. The van der Waals surface area contributed by atoms with E-state index in [1.54, 1.807) is 29.2 Å². The van der Waals surface area contributed by atoms with Gasteiger partial charge in [0.2, 0.25) is 5.91 Å². The maximum Gasteiger partial charge on any atom is 0.258 e. The van der Waals surface area contributed by atoms with Crippen LogP contribution >= 0.6 is 23.2 Å². The highest BCUT2D eigenvalue weighted by molar-refractivity contribution is 6.35. The van der Waals surface area contributed by atoms with E-state index in [1.165, 1.54) is 0 Å². The number of aromatic nitrogens is 2. The number of nitrogens with one attached hydrogen (secondary N) is 3. The molecule has 0 spiro atoms. The summed E-state index contributed by atoms with van der Waals surface area (Å²) >= 11 is 12.5. The van der Waals surface area contributed by atoms with Crippen molar-refractivity contribution in [3.63, 3.8) is 0 Å². The Kier molecular flexibility index (Phi) is 7.17. The van der Waals surface area contributed by atoms with Crippen LogP contribution in [0.1, 0.15) is 29.9 Å². The smallest absolute Gasteiger partial charge is 0.258 e. The molecular formula is C23H24Cl2FN5O2. The van der Waals surface area contributed by atoms with Crippen LogP contribution in [-0.4, -0.2) is 47.1 Å². The van der Waals surface area contributed by atoms with Gasteiger partial charge in [0, 0.05) is 28.8 Å². The van der Waals surface area contributed by atoms with E-state index in [4.69, 9.17) is 23.2 Å². The first-order chi connectivity index (χ1) is 15.9. The number of rotatable bonds is 7. The molecule has 33 heavy (non-hydrogen) atoms. The molecule has 10 heteroatoms. The molecule has 0 aliphatic carbocycles. The highest BCUT2D eigenvalue weighted by Gasteiger charge is 2.29. The molecule has 3 aromatic rings. The maximum atomic E-state index is 13.0. The Hall–Kier alpha value is -2.68. The second-order valence-electron chi connectivity index (χ2n) is 7.94. The molecule has 0 bridgehead atoms.